The number of aromatic nitrogens is 2. The number of fused-ring (bicyclic) bond motifs is 1. The van der Waals surface area contributed by atoms with Crippen molar-refractivity contribution >= 4 is 23.2 Å². The smallest absolute Gasteiger partial charge is 0.267 e. The molecule has 4 nitrogen and oxygen atoms in total. The van der Waals surface area contributed by atoms with Crippen molar-refractivity contribution in [3.8, 4) is 0 Å². The van der Waals surface area contributed by atoms with Crippen LogP contribution in [0, 0.1) is 6.92 Å². The van der Waals surface area contributed by atoms with Crippen LogP contribution in [0.5, 0.6) is 0 Å². The molecule has 114 valence electrons. The molecule has 0 atom stereocenters. The lowest BCUT2D eigenvalue weighted by Gasteiger charge is -2.05. The number of nitrogens with zero attached hydrogens (tertiary/aromatic N) is 3. The fraction of sp³-hybridized carbons (Fsp3) is 0.105. The van der Waals surface area contributed by atoms with Gasteiger partial charge in [0.1, 0.15) is 5.82 Å². The molecule has 3 aromatic rings. The molecule has 0 aliphatic heterocycles. The predicted octanol–water partition coefficient (Wildman–Crippen LogP) is 3.64. The number of hydrogen-bond donors (Lipinski definition) is 0. The van der Waals surface area contributed by atoms with Gasteiger partial charge < -0.3 is 0 Å². The molecule has 23 heavy (non-hydrogen) atoms. The summed E-state index contributed by atoms with van der Waals surface area (Å²) in [6, 6.07) is 17.3. The minimum absolute atomic E-state index is 0.156. The van der Waals surface area contributed by atoms with Crippen LogP contribution in [0.3, 0.4) is 0 Å². The minimum Gasteiger partial charge on any atom is -0.267 e. The first-order valence-corrected chi connectivity index (χ1v) is 7.41. The molecule has 0 aliphatic carbocycles. The molecule has 1 heterocycles. The Bertz CT molecular complexity index is 953. The van der Waals surface area contributed by atoms with E-state index in [1.165, 1.54) is 4.68 Å². The average molecular weight is 303 g/mol. The van der Waals surface area contributed by atoms with E-state index >= 15 is 0 Å². The predicted molar refractivity (Wildman–Crippen MR) is 94.7 cm³/mol. The van der Waals surface area contributed by atoms with Crippen molar-refractivity contribution in [2.45, 2.75) is 13.8 Å². The van der Waals surface area contributed by atoms with E-state index in [1.807, 2.05) is 61.5 Å². The Morgan fingerprint density at radius 3 is 2.57 bits per heavy atom. The zero-order valence-electron chi connectivity index (χ0n) is 13.1. The lowest BCUT2D eigenvalue weighted by atomic mass is 10.1. The van der Waals surface area contributed by atoms with Crippen LogP contribution in [0.2, 0.25) is 0 Å². The van der Waals surface area contributed by atoms with Gasteiger partial charge in [0.05, 0.1) is 17.1 Å². The number of para-hydroxylation sites is 1. The normalized spacial score (nSPS) is 12.2. The van der Waals surface area contributed by atoms with Crippen molar-refractivity contribution in [2.75, 3.05) is 0 Å². The highest BCUT2D eigenvalue weighted by Crippen LogP contribution is 2.08. The Labute approximate surface area is 134 Å². The minimum atomic E-state index is -0.156. The summed E-state index contributed by atoms with van der Waals surface area (Å²) in [7, 11) is 0. The maximum Gasteiger partial charge on any atom is 0.282 e. The molecule has 4 heteroatoms. The standard InChI is InChI=1S/C19H17N3O/c1-14(12-16-8-4-3-5-9-16)13-20-22-15(2)21-18-11-7-6-10-17(18)19(22)23/h3-13H,1-2H3/b14-12+,20-13-. The largest absolute Gasteiger partial charge is 0.282 e. The lowest BCUT2D eigenvalue weighted by Crippen LogP contribution is -2.20. The number of allylic oxidation sites excluding steroid dienone is 1. The molecule has 0 radical (unpaired) electrons. The van der Waals surface area contributed by atoms with Crippen LogP contribution in [0.15, 0.2) is 70.1 Å². The molecule has 0 aliphatic rings. The Kier molecular flexibility index (Phi) is 4.15. The van der Waals surface area contributed by atoms with Gasteiger partial charge in [-0.1, -0.05) is 48.5 Å². The zero-order chi connectivity index (χ0) is 16.2. The lowest BCUT2D eigenvalue weighted by molar-refractivity contribution is 0.770. The van der Waals surface area contributed by atoms with Crippen LogP contribution in [0.25, 0.3) is 17.0 Å². The van der Waals surface area contributed by atoms with Gasteiger partial charge in [-0.2, -0.15) is 9.78 Å². The number of aryl methyl sites for hydroxylation is 1. The van der Waals surface area contributed by atoms with E-state index in [-0.39, 0.29) is 5.56 Å². The molecule has 2 aromatic carbocycles. The molecular weight excluding hydrogens is 286 g/mol. The van der Waals surface area contributed by atoms with Gasteiger partial charge >= 0.3 is 0 Å². The van der Waals surface area contributed by atoms with Gasteiger partial charge in [0.25, 0.3) is 5.56 Å². The van der Waals surface area contributed by atoms with Gasteiger partial charge in [-0.25, -0.2) is 4.98 Å². The molecule has 0 N–H and O–H groups in total. The van der Waals surface area contributed by atoms with E-state index in [0.29, 0.717) is 16.7 Å². The summed E-state index contributed by atoms with van der Waals surface area (Å²) in [5, 5.41) is 4.87. The summed E-state index contributed by atoms with van der Waals surface area (Å²) in [4.78, 5) is 16.9. The summed E-state index contributed by atoms with van der Waals surface area (Å²) >= 11 is 0. The SMILES string of the molecule is CC(/C=N\n1c(C)nc2ccccc2c1=O)=C\c1ccccc1. The van der Waals surface area contributed by atoms with Gasteiger partial charge in [0.15, 0.2) is 0 Å². The molecule has 0 spiro atoms. The fourth-order valence-electron chi connectivity index (χ4n) is 2.37. The van der Waals surface area contributed by atoms with Crippen LogP contribution in [0.1, 0.15) is 18.3 Å². The molecule has 0 amide bonds. The van der Waals surface area contributed by atoms with Gasteiger partial charge in [0.2, 0.25) is 0 Å². The van der Waals surface area contributed by atoms with Crippen LogP contribution >= 0.6 is 0 Å². The van der Waals surface area contributed by atoms with Gasteiger partial charge in [-0.15, -0.1) is 0 Å². The van der Waals surface area contributed by atoms with Gasteiger partial charge in [-0.05, 0) is 37.1 Å². The second-order valence-corrected chi connectivity index (χ2v) is 5.34. The Hall–Kier alpha value is -3.01. The second kappa shape index (κ2) is 6.40. The molecule has 0 saturated carbocycles. The van der Waals surface area contributed by atoms with Crippen molar-refractivity contribution in [3.05, 3.63) is 81.9 Å². The zero-order valence-corrected chi connectivity index (χ0v) is 13.1. The summed E-state index contributed by atoms with van der Waals surface area (Å²) in [5.74, 6) is 0.567. The van der Waals surface area contributed by atoms with E-state index in [4.69, 9.17) is 0 Å². The third kappa shape index (κ3) is 3.26. The Balaban J connectivity index is 1.98. The average Bonchev–Trinajstić information content (AvgIpc) is 2.55. The summed E-state index contributed by atoms with van der Waals surface area (Å²) in [5.41, 5.74) is 2.59. The third-order valence-corrected chi connectivity index (χ3v) is 3.49. The highest BCUT2D eigenvalue weighted by Gasteiger charge is 2.05. The van der Waals surface area contributed by atoms with Crippen LogP contribution in [-0.4, -0.2) is 15.9 Å². The maximum absolute atomic E-state index is 12.5. The highest BCUT2D eigenvalue weighted by molar-refractivity contribution is 5.85. The maximum atomic E-state index is 12.5. The molecule has 1 aromatic heterocycles. The Morgan fingerprint density at radius 2 is 1.78 bits per heavy atom. The van der Waals surface area contributed by atoms with E-state index < -0.39 is 0 Å². The summed E-state index contributed by atoms with van der Waals surface area (Å²) in [6.07, 6.45) is 3.69. The number of benzene rings is 2. The number of rotatable bonds is 3. The monoisotopic (exact) mass is 303 g/mol. The second-order valence-electron chi connectivity index (χ2n) is 5.34. The summed E-state index contributed by atoms with van der Waals surface area (Å²) < 4.78 is 1.34. The highest BCUT2D eigenvalue weighted by atomic mass is 16.1. The van der Waals surface area contributed by atoms with Crippen molar-refractivity contribution in [3.63, 3.8) is 0 Å². The molecule has 0 bridgehead atoms. The van der Waals surface area contributed by atoms with Gasteiger partial charge in [-0.3, -0.25) is 4.79 Å². The first kappa shape index (κ1) is 14.9. The molecular formula is C19H17N3O. The van der Waals surface area contributed by atoms with E-state index in [0.717, 1.165) is 11.1 Å². The molecule has 3 rings (SSSR count). The van der Waals surface area contributed by atoms with Gasteiger partial charge in [0, 0.05) is 0 Å². The van der Waals surface area contributed by atoms with Crippen molar-refractivity contribution in [2.24, 2.45) is 5.10 Å². The third-order valence-electron chi connectivity index (χ3n) is 3.49. The molecule has 0 unspecified atom stereocenters. The molecule has 0 fully saturated rings. The van der Waals surface area contributed by atoms with Crippen molar-refractivity contribution in [1.82, 2.24) is 9.66 Å². The van der Waals surface area contributed by atoms with Crippen LogP contribution < -0.4 is 5.56 Å². The van der Waals surface area contributed by atoms with E-state index in [1.54, 1.807) is 19.2 Å². The molecule has 0 saturated heterocycles. The Morgan fingerprint density at radius 1 is 1.09 bits per heavy atom. The number of hydrogen-bond acceptors (Lipinski definition) is 3. The summed E-state index contributed by atoms with van der Waals surface area (Å²) in [6.45, 7) is 3.73. The van der Waals surface area contributed by atoms with E-state index in [2.05, 4.69) is 10.1 Å². The van der Waals surface area contributed by atoms with Crippen LogP contribution in [0.4, 0.5) is 0 Å². The van der Waals surface area contributed by atoms with E-state index in [9.17, 15) is 4.79 Å². The van der Waals surface area contributed by atoms with Crippen molar-refractivity contribution in [1.29, 1.82) is 0 Å². The van der Waals surface area contributed by atoms with Crippen molar-refractivity contribution < 1.29 is 0 Å². The topological polar surface area (TPSA) is 47.2 Å². The van der Waals surface area contributed by atoms with Crippen LogP contribution in [-0.2, 0) is 0 Å². The first-order chi connectivity index (χ1) is 11.1. The first-order valence-electron chi connectivity index (χ1n) is 7.41. The quantitative estimate of drug-likeness (QED) is 0.693. The fourth-order valence-corrected chi connectivity index (χ4v) is 2.37.